The summed E-state index contributed by atoms with van der Waals surface area (Å²) in [5.41, 5.74) is 0.363. The molecule has 0 spiro atoms. The molecule has 186 valence electrons. The highest BCUT2D eigenvalue weighted by Crippen LogP contribution is 2.10. The topological polar surface area (TPSA) is 115 Å². The molecule has 1 aromatic carbocycles. The highest BCUT2D eigenvalue weighted by atomic mass is 16.2. The van der Waals surface area contributed by atoms with Crippen LogP contribution in [-0.4, -0.2) is 66.7 Å². The molecule has 0 saturated heterocycles. The Morgan fingerprint density at radius 2 is 1.27 bits per heavy atom. The first-order valence-corrected chi connectivity index (χ1v) is 11.4. The second kappa shape index (κ2) is 13.0. The van der Waals surface area contributed by atoms with Gasteiger partial charge in [-0.2, -0.15) is 0 Å². The fourth-order valence-corrected chi connectivity index (χ4v) is 3.01. The summed E-state index contributed by atoms with van der Waals surface area (Å²) in [6.07, 6.45) is 0. The summed E-state index contributed by atoms with van der Waals surface area (Å²) in [4.78, 5) is 38.6. The molecule has 0 saturated carbocycles. The van der Waals surface area contributed by atoms with Gasteiger partial charge in [0, 0.05) is 37.3 Å². The normalized spacial score (nSPS) is 12.6. The predicted octanol–water partition coefficient (Wildman–Crippen LogP) is 2.36. The van der Waals surface area contributed by atoms with E-state index in [4.69, 9.17) is 0 Å². The average Bonchev–Trinajstić information content (AvgIpc) is 2.65. The average molecular weight is 463 g/mol. The zero-order valence-corrected chi connectivity index (χ0v) is 21.2. The summed E-state index contributed by atoms with van der Waals surface area (Å²) in [5.74, 6) is -0.121. The molecule has 0 aliphatic carbocycles. The van der Waals surface area contributed by atoms with Crippen LogP contribution in [0.1, 0.15) is 60.1 Å². The van der Waals surface area contributed by atoms with Crippen LogP contribution in [0, 0.1) is 0 Å². The van der Waals surface area contributed by atoms with Crippen LogP contribution < -0.4 is 26.6 Å². The lowest BCUT2D eigenvalue weighted by molar-refractivity contribution is -0.122. The lowest BCUT2D eigenvalue weighted by Crippen LogP contribution is -2.50. The van der Waals surface area contributed by atoms with E-state index in [2.05, 4.69) is 26.6 Å². The van der Waals surface area contributed by atoms with Crippen LogP contribution >= 0.6 is 0 Å². The van der Waals surface area contributed by atoms with Gasteiger partial charge in [-0.05, 0) is 54.0 Å². The Labute approximate surface area is 198 Å². The highest BCUT2D eigenvalue weighted by Gasteiger charge is 2.17. The number of hydrogen-bond donors (Lipinski definition) is 5. The van der Waals surface area contributed by atoms with Crippen molar-refractivity contribution in [2.75, 3.05) is 32.7 Å². The van der Waals surface area contributed by atoms with Gasteiger partial charge >= 0.3 is 12.1 Å². The van der Waals surface area contributed by atoms with Gasteiger partial charge in [0.2, 0.25) is 5.91 Å². The molecule has 9 heteroatoms. The molecule has 0 aliphatic heterocycles. The highest BCUT2D eigenvalue weighted by molar-refractivity contribution is 5.78. The molecule has 1 atom stereocenters. The Morgan fingerprint density at radius 3 is 1.70 bits per heavy atom. The zero-order chi connectivity index (χ0) is 25.1. The van der Waals surface area contributed by atoms with Crippen molar-refractivity contribution in [1.82, 2.24) is 31.5 Å². The summed E-state index contributed by atoms with van der Waals surface area (Å²) in [5, 5.41) is 14.3. The molecule has 0 aliphatic rings. The smallest absolute Gasteiger partial charge is 0.315 e. The van der Waals surface area contributed by atoms with Gasteiger partial charge in [0.1, 0.15) is 0 Å². The standard InChI is InChI=1S/C24H42N6O3/c1-18(19-11-9-8-10-12-19)27-20(31)17-30(15-13-25-21(32)28-23(2,3)4)16-14-26-22(33)29-24(5,6)7/h8-12,18H,13-17H2,1-7H3,(H,27,31)(H2,25,28,32)(H2,26,29,33)/t18-/m0/s1. The number of hydrogen-bond acceptors (Lipinski definition) is 4. The van der Waals surface area contributed by atoms with Gasteiger partial charge in [-0.3, -0.25) is 9.69 Å². The molecular formula is C24H42N6O3. The number of benzene rings is 1. The van der Waals surface area contributed by atoms with Gasteiger partial charge < -0.3 is 26.6 Å². The van der Waals surface area contributed by atoms with Gasteiger partial charge in [-0.15, -0.1) is 0 Å². The van der Waals surface area contributed by atoms with E-state index in [9.17, 15) is 14.4 Å². The molecule has 0 unspecified atom stereocenters. The Hall–Kier alpha value is -2.81. The molecule has 0 fully saturated rings. The number of amides is 5. The minimum absolute atomic E-state index is 0.119. The number of nitrogens with zero attached hydrogens (tertiary/aromatic N) is 1. The molecule has 0 heterocycles. The predicted molar refractivity (Wildman–Crippen MR) is 132 cm³/mol. The van der Waals surface area contributed by atoms with Crippen molar-refractivity contribution in [1.29, 1.82) is 0 Å². The summed E-state index contributed by atoms with van der Waals surface area (Å²) < 4.78 is 0. The van der Waals surface area contributed by atoms with E-state index in [0.29, 0.717) is 26.2 Å². The fourth-order valence-electron chi connectivity index (χ4n) is 3.01. The number of carbonyl (C=O) groups is 3. The lowest BCUT2D eigenvalue weighted by atomic mass is 10.1. The van der Waals surface area contributed by atoms with E-state index in [0.717, 1.165) is 5.56 Å². The second-order valence-corrected chi connectivity index (χ2v) is 10.2. The van der Waals surface area contributed by atoms with Crippen molar-refractivity contribution in [3.63, 3.8) is 0 Å². The second-order valence-electron chi connectivity index (χ2n) is 10.2. The number of carbonyl (C=O) groups excluding carboxylic acids is 3. The summed E-state index contributed by atoms with van der Waals surface area (Å²) in [6, 6.07) is 9.12. The van der Waals surface area contributed by atoms with Crippen LogP contribution in [0.3, 0.4) is 0 Å². The van der Waals surface area contributed by atoms with Crippen LogP contribution in [0.15, 0.2) is 30.3 Å². The van der Waals surface area contributed by atoms with Gasteiger partial charge in [0.15, 0.2) is 0 Å². The number of nitrogens with one attached hydrogen (secondary N) is 5. The minimum Gasteiger partial charge on any atom is -0.348 e. The first-order valence-electron chi connectivity index (χ1n) is 11.4. The SMILES string of the molecule is C[C@H](NC(=O)CN(CCNC(=O)NC(C)(C)C)CCNC(=O)NC(C)(C)C)c1ccccc1. The molecule has 0 bridgehead atoms. The van der Waals surface area contributed by atoms with E-state index in [1.807, 2.05) is 83.7 Å². The molecule has 33 heavy (non-hydrogen) atoms. The van der Waals surface area contributed by atoms with Crippen molar-refractivity contribution < 1.29 is 14.4 Å². The van der Waals surface area contributed by atoms with E-state index in [-0.39, 0.29) is 41.6 Å². The third-order valence-corrected chi connectivity index (χ3v) is 4.45. The summed E-state index contributed by atoms with van der Waals surface area (Å²) in [6.45, 7) is 15.2. The molecule has 1 rings (SSSR count). The number of rotatable bonds is 10. The van der Waals surface area contributed by atoms with E-state index < -0.39 is 0 Å². The van der Waals surface area contributed by atoms with Crippen molar-refractivity contribution in [2.24, 2.45) is 0 Å². The van der Waals surface area contributed by atoms with E-state index >= 15 is 0 Å². The van der Waals surface area contributed by atoms with Crippen LogP contribution in [-0.2, 0) is 4.79 Å². The Morgan fingerprint density at radius 1 is 0.818 bits per heavy atom. The lowest BCUT2D eigenvalue weighted by Gasteiger charge is -2.25. The minimum atomic E-state index is -0.332. The maximum atomic E-state index is 12.7. The van der Waals surface area contributed by atoms with Crippen molar-refractivity contribution in [3.8, 4) is 0 Å². The van der Waals surface area contributed by atoms with Gasteiger partial charge in [0.25, 0.3) is 0 Å². The first kappa shape index (κ1) is 28.2. The molecule has 1 aromatic rings. The first-order chi connectivity index (χ1) is 15.2. The summed E-state index contributed by atoms with van der Waals surface area (Å²) >= 11 is 0. The van der Waals surface area contributed by atoms with Gasteiger partial charge in [0.05, 0.1) is 12.6 Å². The Bertz CT molecular complexity index is 722. The molecule has 9 nitrogen and oxygen atoms in total. The van der Waals surface area contributed by atoms with Gasteiger partial charge in [-0.1, -0.05) is 30.3 Å². The van der Waals surface area contributed by atoms with Crippen molar-refractivity contribution in [2.45, 2.75) is 65.6 Å². The Balaban J connectivity index is 2.60. The monoisotopic (exact) mass is 462 g/mol. The van der Waals surface area contributed by atoms with Crippen LogP contribution in [0.5, 0.6) is 0 Å². The van der Waals surface area contributed by atoms with Crippen molar-refractivity contribution >= 4 is 18.0 Å². The Kier molecular flexibility index (Phi) is 11.1. The quantitative estimate of drug-likeness (QED) is 0.367. The van der Waals surface area contributed by atoms with Crippen molar-refractivity contribution in [3.05, 3.63) is 35.9 Å². The molecule has 0 radical (unpaired) electrons. The largest absolute Gasteiger partial charge is 0.348 e. The van der Waals surface area contributed by atoms with Crippen LogP contribution in [0.2, 0.25) is 0 Å². The molecule has 5 N–H and O–H groups in total. The van der Waals surface area contributed by atoms with Gasteiger partial charge in [-0.25, -0.2) is 9.59 Å². The maximum absolute atomic E-state index is 12.7. The number of urea groups is 2. The van der Waals surface area contributed by atoms with E-state index in [1.54, 1.807) is 0 Å². The fraction of sp³-hybridized carbons (Fsp3) is 0.625. The third kappa shape index (κ3) is 14.1. The zero-order valence-electron chi connectivity index (χ0n) is 21.2. The maximum Gasteiger partial charge on any atom is 0.315 e. The van der Waals surface area contributed by atoms with E-state index in [1.165, 1.54) is 0 Å². The van der Waals surface area contributed by atoms with Crippen LogP contribution in [0.25, 0.3) is 0 Å². The molecular weight excluding hydrogens is 420 g/mol. The summed E-state index contributed by atoms with van der Waals surface area (Å²) in [7, 11) is 0. The molecule has 0 aromatic heterocycles. The van der Waals surface area contributed by atoms with Crippen LogP contribution in [0.4, 0.5) is 9.59 Å². The third-order valence-electron chi connectivity index (χ3n) is 4.45. The molecule has 5 amide bonds.